The van der Waals surface area contributed by atoms with Crippen molar-refractivity contribution < 1.29 is 0 Å². The third kappa shape index (κ3) is 2.75. The Balaban J connectivity index is 2.01. The molecular weight excluding hydrogens is 224 g/mol. The molecule has 1 aromatic rings. The second kappa shape index (κ2) is 5.85. The highest BCUT2D eigenvalue weighted by Gasteiger charge is 2.30. The molecule has 0 spiro atoms. The van der Waals surface area contributed by atoms with E-state index >= 15 is 0 Å². The Morgan fingerprint density at radius 1 is 1.28 bits per heavy atom. The molecule has 102 valence electrons. The molecule has 0 aromatic carbocycles. The van der Waals surface area contributed by atoms with Crippen molar-refractivity contribution in [2.24, 2.45) is 30.6 Å². The second-order valence-electron chi connectivity index (χ2n) is 5.96. The van der Waals surface area contributed by atoms with E-state index in [1.54, 1.807) is 0 Å². The largest absolute Gasteiger partial charge is 0.337 e. The van der Waals surface area contributed by atoms with Gasteiger partial charge in [0, 0.05) is 19.4 Å². The first-order valence-corrected chi connectivity index (χ1v) is 7.06. The minimum Gasteiger partial charge on any atom is -0.337 e. The van der Waals surface area contributed by atoms with Crippen LogP contribution in [0.4, 0.5) is 0 Å². The standard InChI is InChI=1S/C14H26N4/c1-10(2)11-4-6-12(7-5-11)13(17-15)14-16-8-9-18(14)3/h8-13,17H,4-7,15H2,1-3H3. The Morgan fingerprint density at radius 2 is 1.89 bits per heavy atom. The second-order valence-corrected chi connectivity index (χ2v) is 5.96. The molecule has 0 radical (unpaired) electrons. The van der Waals surface area contributed by atoms with Crippen LogP contribution in [0, 0.1) is 17.8 Å². The molecule has 4 heteroatoms. The lowest BCUT2D eigenvalue weighted by Gasteiger charge is -2.34. The lowest BCUT2D eigenvalue weighted by atomic mass is 9.74. The molecule has 1 saturated carbocycles. The fourth-order valence-corrected chi connectivity index (χ4v) is 3.24. The molecule has 18 heavy (non-hydrogen) atoms. The van der Waals surface area contributed by atoms with E-state index < -0.39 is 0 Å². The summed E-state index contributed by atoms with van der Waals surface area (Å²) in [4.78, 5) is 4.44. The van der Waals surface area contributed by atoms with Gasteiger partial charge in [0.05, 0.1) is 6.04 Å². The van der Waals surface area contributed by atoms with E-state index in [1.165, 1.54) is 25.7 Å². The molecule has 4 nitrogen and oxygen atoms in total. The number of hydrogen-bond acceptors (Lipinski definition) is 3. The molecule has 0 amide bonds. The topological polar surface area (TPSA) is 55.9 Å². The van der Waals surface area contributed by atoms with E-state index in [4.69, 9.17) is 5.84 Å². The quantitative estimate of drug-likeness (QED) is 0.637. The Morgan fingerprint density at radius 3 is 2.33 bits per heavy atom. The number of nitrogens with one attached hydrogen (secondary N) is 1. The summed E-state index contributed by atoms with van der Waals surface area (Å²) in [6.07, 6.45) is 8.99. The van der Waals surface area contributed by atoms with Crippen molar-refractivity contribution >= 4 is 0 Å². The number of hydrazine groups is 1. The van der Waals surface area contributed by atoms with Crippen LogP contribution in [0.25, 0.3) is 0 Å². The number of nitrogens with two attached hydrogens (primary N) is 1. The van der Waals surface area contributed by atoms with Crippen LogP contribution in [0.3, 0.4) is 0 Å². The van der Waals surface area contributed by atoms with Gasteiger partial charge in [-0.25, -0.2) is 10.4 Å². The van der Waals surface area contributed by atoms with E-state index in [-0.39, 0.29) is 6.04 Å². The normalized spacial score (nSPS) is 26.5. The Labute approximate surface area is 110 Å². The summed E-state index contributed by atoms with van der Waals surface area (Å²) in [6.45, 7) is 4.67. The van der Waals surface area contributed by atoms with Gasteiger partial charge in [-0.2, -0.15) is 0 Å². The molecule has 2 rings (SSSR count). The van der Waals surface area contributed by atoms with Crippen molar-refractivity contribution in [3.05, 3.63) is 18.2 Å². The highest BCUT2D eigenvalue weighted by Crippen LogP contribution is 2.38. The van der Waals surface area contributed by atoms with Gasteiger partial charge in [-0.05, 0) is 43.4 Å². The summed E-state index contributed by atoms with van der Waals surface area (Å²) in [7, 11) is 2.03. The number of imidazole rings is 1. The summed E-state index contributed by atoms with van der Waals surface area (Å²) < 4.78 is 2.07. The lowest BCUT2D eigenvalue weighted by Crippen LogP contribution is -2.37. The molecule has 1 fully saturated rings. The third-order valence-corrected chi connectivity index (χ3v) is 4.55. The predicted octanol–water partition coefficient (Wildman–Crippen LogP) is 2.39. The zero-order chi connectivity index (χ0) is 13.1. The number of rotatable bonds is 4. The Kier molecular flexibility index (Phi) is 4.40. The molecular formula is C14H26N4. The van der Waals surface area contributed by atoms with E-state index in [0.29, 0.717) is 5.92 Å². The van der Waals surface area contributed by atoms with E-state index in [0.717, 1.165) is 17.7 Å². The van der Waals surface area contributed by atoms with Gasteiger partial charge in [0.25, 0.3) is 0 Å². The van der Waals surface area contributed by atoms with Crippen molar-refractivity contribution in [3.63, 3.8) is 0 Å². The SMILES string of the molecule is CC(C)C1CCC(C(NN)c2nccn2C)CC1. The molecule has 1 unspecified atom stereocenters. The lowest BCUT2D eigenvalue weighted by molar-refractivity contribution is 0.184. The zero-order valence-corrected chi connectivity index (χ0v) is 11.8. The number of nitrogens with zero attached hydrogens (tertiary/aromatic N) is 2. The smallest absolute Gasteiger partial charge is 0.127 e. The zero-order valence-electron chi connectivity index (χ0n) is 11.8. The molecule has 3 N–H and O–H groups in total. The number of hydrogen-bond donors (Lipinski definition) is 2. The Bertz CT molecular complexity index is 364. The fraction of sp³-hybridized carbons (Fsp3) is 0.786. The maximum absolute atomic E-state index is 5.75. The monoisotopic (exact) mass is 250 g/mol. The maximum atomic E-state index is 5.75. The van der Waals surface area contributed by atoms with Crippen molar-refractivity contribution in [2.75, 3.05) is 0 Å². The van der Waals surface area contributed by atoms with Crippen LogP contribution in [0.5, 0.6) is 0 Å². The average molecular weight is 250 g/mol. The maximum Gasteiger partial charge on any atom is 0.127 e. The van der Waals surface area contributed by atoms with Crippen LogP contribution < -0.4 is 11.3 Å². The molecule has 1 aliphatic rings. The minimum absolute atomic E-state index is 0.193. The van der Waals surface area contributed by atoms with Crippen LogP contribution in [0.2, 0.25) is 0 Å². The summed E-state index contributed by atoms with van der Waals surface area (Å²) >= 11 is 0. The van der Waals surface area contributed by atoms with Crippen molar-refractivity contribution in [3.8, 4) is 0 Å². The van der Waals surface area contributed by atoms with Crippen LogP contribution in [0.1, 0.15) is 51.4 Å². The summed E-state index contributed by atoms with van der Waals surface area (Å²) in [5, 5.41) is 0. The molecule has 0 bridgehead atoms. The van der Waals surface area contributed by atoms with Crippen LogP contribution >= 0.6 is 0 Å². The molecule has 0 saturated heterocycles. The van der Waals surface area contributed by atoms with Gasteiger partial charge in [-0.1, -0.05) is 13.8 Å². The third-order valence-electron chi connectivity index (χ3n) is 4.55. The van der Waals surface area contributed by atoms with E-state index in [1.807, 2.05) is 19.4 Å². The molecule has 1 heterocycles. The molecule has 1 aliphatic carbocycles. The number of aryl methyl sites for hydroxylation is 1. The predicted molar refractivity (Wildman–Crippen MR) is 73.6 cm³/mol. The first-order valence-electron chi connectivity index (χ1n) is 7.06. The summed E-state index contributed by atoms with van der Waals surface area (Å²) in [5.74, 6) is 9.13. The number of aromatic nitrogens is 2. The fourth-order valence-electron chi connectivity index (χ4n) is 3.24. The van der Waals surface area contributed by atoms with E-state index in [9.17, 15) is 0 Å². The van der Waals surface area contributed by atoms with Gasteiger partial charge in [-0.15, -0.1) is 0 Å². The van der Waals surface area contributed by atoms with Gasteiger partial charge in [-0.3, -0.25) is 5.84 Å². The van der Waals surface area contributed by atoms with Gasteiger partial charge >= 0.3 is 0 Å². The van der Waals surface area contributed by atoms with Crippen LogP contribution in [-0.4, -0.2) is 9.55 Å². The highest BCUT2D eigenvalue weighted by atomic mass is 15.3. The van der Waals surface area contributed by atoms with Gasteiger partial charge in [0.1, 0.15) is 5.82 Å². The van der Waals surface area contributed by atoms with Crippen LogP contribution in [0.15, 0.2) is 12.4 Å². The Hall–Kier alpha value is -0.870. The van der Waals surface area contributed by atoms with Crippen molar-refractivity contribution in [1.82, 2.24) is 15.0 Å². The molecule has 0 aliphatic heterocycles. The van der Waals surface area contributed by atoms with E-state index in [2.05, 4.69) is 28.8 Å². The first-order chi connectivity index (χ1) is 8.63. The van der Waals surface area contributed by atoms with Gasteiger partial charge in [0.2, 0.25) is 0 Å². The minimum atomic E-state index is 0.193. The summed E-state index contributed by atoms with van der Waals surface area (Å²) in [6, 6.07) is 0.193. The molecule has 1 atom stereocenters. The average Bonchev–Trinajstić information content (AvgIpc) is 2.78. The van der Waals surface area contributed by atoms with Crippen molar-refractivity contribution in [2.45, 2.75) is 45.6 Å². The van der Waals surface area contributed by atoms with Crippen LogP contribution in [-0.2, 0) is 7.05 Å². The van der Waals surface area contributed by atoms with Gasteiger partial charge in [0.15, 0.2) is 0 Å². The van der Waals surface area contributed by atoms with Crippen molar-refractivity contribution in [1.29, 1.82) is 0 Å². The molecule has 1 aromatic heterocycles. The summed E-state index contributed by atoms with van der Waals surface area (Å²) in [5.41, 5.74) is 2.98. The first kappa shape index (κ1) is 13.6. The van der Waals surface area contributed by atoms with Gasteiger partial charge < -0.3 is 4.57 Å². The highest BCUT2D eigenvalue weighted by molar-refractivity contribution is 5.01.